The number of aryl methyl sites for hydroxylation is 2. The number of fused-ring (bicyclic) bond motifs is 1. The summed E-state index contributed by atoms with van der Waals surface area (Å²) in [6.45, 7) is 13.2. The van der Waals surface area contributed by atoms with Gasteiger partial charge in [0, 0.05) is 19.4 Å². The Labute approximate surface area is 112 Å². The Morgan fingerprint density at radius 2 is 1.94 bits per heavy atom. The molecule has 0 fully saturated rings. The van der Waals surface area contributed by atoms with Gasteiger partial charge in [-0.2, -0.15) is 0 Å². The molecule has 0 aliphatic rings. The first-order chi connectivity index (χ1) is 8.62. The van der Waals surface area contributed by atoms with Crippen LogP contribution in [0.25, 0.3) is 5.65 Å². The predicted molar refractivity (Wildman–Crippen MR) is 81.9 cm³/mol. The number of nitrogens with zero attached hydrogens (tertiary/aromatic N) is 2. The van der Waals surface area contributed by atoms with Crippen molar-refractivity contribution < 1.29 is 1.43 Å². The van der Waals surface area contributed by atoms with Crippen molar-refractivity contribution in [2.75, 3.05) is 0 Å². The van der Waals surface area contributed by atoms with Crippen LogP contribution in [-0.4, -0.2) is 9.38 Å². The van der Waals surface area contributed by atoms with Crippen LogP contribution in [0.2, 0.25) is 0 Å². The van der Waals surface area contributed by atoms with Crippen molar-refractivity contribution in [3.63, 3.8) is 0 Å². The molecule has 2 aromatic heterocycles. The minimum absolute atomic E-state index is 0. The van der Waals surface area contributed by atoms with Crippen molar-refractivity contribution in [2.45, 2.75) is 34.6 Å². The third-order valence-electron chi connectivity index (χ3n) is 2.02. The van der Waals surface area contributed by atoms with E-state index in [9.17, 15) is 0 Å². The lowest BCUT2D eigenvalue weighted by Gasteiger charge is -1.98. The zero-order valence-electron chi connectivity index (χ0n) is 12.0. The van der Waals surface area contributed by atoms with Crippen LogP contribution in [0.3, 0.4) is 0 Å². The monoisotopic (exact) mass is 244 g/mol. The molecule has 2 nitrogen and oxygen atoms in total. The minimum Gasteiger partial charge on any atom is -0.305 e. The molecule has 0 aliphatic carbocycles. The van der Waals surface area contributed by atoms with Crippen LogP contribution < -0.4 is 0 Å². The van der Waals surface area contributed by atoms with Crippen molar-refractivity contribution in [3.8, 4) is 12.3 Å². The van der Waals surface area contributed by atoms with Gasteiger partial charge in [-0.1, -0.05) is 25.8 Å². The molecule has 0 radical (unpaired) electrons. The van der Waals surface area contributed by atoms with Gasteiger partial charge in [-0.25, -0.2) is 4.98 Å². The van der Waals surface area contributed by atoms with Crippen LogP contribution >= 0.6 is 0 Å². The van der Waals surface area contributed by atoms with E-state index in [0.29, 0.717) is 0 Å². The van der Waals surface area contributed by atoms with Gasteiger partial charge in [0.1, 0.15) is 5.65 Å². The lowest BCUT2D eigenvalue weighted by Crippen LogP contribution is -1.88. The molecule has 0 spiro atoms. The summed E-state index contributed by atoms with van der Waals surface area (Å²) >= 11 is 0. The average molecular weight is 244 g/mol. The molecular formula is C16H24N2. The van der Waals surface area contributed by atoms with E-state index in [0.717, 1.165) is 22.5 Å². The first kappa shape index (κ1) is 16.0. The number of rotatable bonds is 0. The highest BCUT2D eigenvalue weighted by atomic mass is 15.0. The number of allylic oxidation sites excluding steroid dienone is 1. The van der Waals surface area contributed by atoms with E-state index in [2.05, 4.69) is 17.5 Å². The molecule has 0 atom stereocenters. The fourth-order valence-corrected chi connectivity index (χ4v) is 1.47. The number of imidazole rings is 1. The number of terminal acetylenes is 1. The van der Waals surface area contributed by atoms with E-state index < -0.39 is 0 Å². The fraction of sp³-hybridized carbons (Fsp3) is 0.312. The van der Waals surface area contributed by atoms with E-state index in [-0.39, 0.29) is 1.43 Å². The molecule has 18 heavy (non-hydrogen) atoms. The highest BCUT2D eigenvalue weighted by molar-refractivity contribution is 5.51. The number of hydrogen-bond acceptors (Lipinski definition) is 1. The van der Waals surface area contributed by atoms with Gasteiger partial charge < -0.3 is 4.40 Å². The Morgan fingerprint density at radius 3 is 2.44 bits per heavy atom. The van der Waals surface area contributed by atoms with Gasteiger partial charge in [0.05, 0.1) is 5.69 Å². The minimum atomic E-state index is 0. The van der Waals surface area contributed by atoms with Crippen LogP contribution in [0.1, 0.15) is 39.0 Å². The zero-order chi connectivity index (χ0) is 14.1. The van der Waals surface area contributed by atoms with Crippen molar-refractivity contribution in [2.24, 2.45) is 0 Å². The van der Waals surface area contributed by atoms with Crippen LogP contribution in [0.4, 0.5) is 0 Å². The average Bonchev–Trinajstić information content (AvgIpc) is 2.74. The summed E-state index contributed by atoms with van der Waals surface area (Å²) in [6.07, 6.45) is 11.0. The normalized spacial score (nSPS) is 8.44. The quantitative estimate of drug-likeness (QED) is 0.496. The van der Waals surface area contributed by atoms with Crippen LogP contribution in [0, 0.1) is 26.2 Å². The molecule has 98 valence electrons. The maximum Gasteiger partial charge on any atom is 0.139 e. The lowest BCUT2D eigenvalue weighted by molar-refractivity contribution is 1.15. The van der Waals surface area contributed by atoms with E-state index in [1.807, 2.05) is 57.5 Å². The van der Waals surface area contributed by atoms with Crippen LogP contribution in [0.15, 0.2) is 31.1 Å². The molecule has 0 bridgehead atoms. The first-order valence-electron chi connectivity index (χ1n) is 6.12. The summed E-state index contributed by atoms with van der Waals surface area (Å²) in [5.74, 6) is 2.62. The second-order valence-corrected chi connectivity index (χ2v) is 3.58. The molecule has 0 saturated carbocycles. The molecule has 0 unspecified atom stereocenters. The van der Waals surface area contributed by atoms with Crippen molar-refractivity contribution >= 4 is 5.65 Å². The molecule has 0 amide bonds. The topological polar surface area (TPSA) is 17.3 Å². The lowest BCUT2D eigenvalue weighted by atomic mass is 10.2. The fourth-order valence-electron chi connectivity index (χ4n) is 1.47. The Morgan fingerprint density at radius 1 is 1.39 bits per heavy atom. The van der Waals surface area contributed by atoms with Crippen molar-refractivity contribution in [3.05, 3.63) is 47.9 Å². The molecule has 0 saturated heterocycles. The first-order valence-corrected chi connectivity index (χ1v) is 6.12. The Kier molecular flexibility index (Phi) is 7.23. The van der Waals surface area contributed by atoms with Crippen LogP contribution in [0.5, 0.6) is 0 Å². The molecule has 2 heterocycles. The zero-order valence-corrected chi connectivity index (χ0v) is 12.0. The maximum atomic E-state index is 5.33. The second kappa shape index (κ2) is 8.14. The third kappa shape index (κ3) is 4.10. The highest BCUT2D eigenvalue weighted by Crippen LogP contribution is 2.11. The van der Waals surface area contributed by atoms with Crippen molar-refractivity contribution in [1.29, 1.82) is 0 Å². The molecule has 2 heteroatoms. The molecule has 2 rings (SSSR count). The standard InChI is InChI=1S/C11H10N2.C3H6.C2H6.H2/c1-4-10-5-8(2)11-12-9(3)6-13(11)7-10;1-3-2;1-2;/h1,5-7H,2-3H3;3H,1H2,2H3;1-2H3;1H. The highest BCUT2D eigenvalue weighted by Gasteiger charge is 2.01. The van der Waals surface area contributed by atoms with Gasteiger partial charge >= 0.3 is 0 Å². The number of hydrogen-bond donors (Lipinski definition) is 0. The van der Waals surface area contributed by atoms with Gasteiger partial charge in [-0.05, 0) is 32.4 Å². The van der Waals surface area contributed by atoms with Gasteiger partial charge in [-0.3, -0.25) is 0 Å². The van der Waals surface area contributed by atoms with E-state index in [1.165, 1.54) is 0 Å². The largest absolute Gasteiger partial charge is 0.305 e. The summed E-state index contributed by atoms with van der Waals surface area (Å²) in [7, 11) is 0. The molecule has 0 N–H and O–H groups in total. The van der Waals surface area contributed by atoms with Crippen molar-refractivity contribution in [1.82, 2.24) is 9.38 Å². The molecule has 0 aliphatic heterocycles. The summed E-state index contributed by atoms with van der Waals surface area (Å²) in [5, 5.41) is 0. The van der Waals surface area contributed by atoms with E-state index in [1.54, 1.807) is 6.08 Å². The number of pyridine rings is 1. The predicted octanol–water partition coefficient (Wildman–Crippen LogP) is 4.40. The summed E-state index contributed by atoms with van der Waals surface area (Å²) in [4.78, 5) is 4.38. The Bertz CT molecular complexity index is 548. The Hall–Kier alpha value is -2.01. The van der Waals surface area contributed by atoms with Gasteiger partial charge in [0.2, 0.25) is 0 Å². The SMILES string of the molecule is C#Cc1cc(C)c2nc(C)cn2c1.C=CC.CC.[HH]. The smallest absolute Gasteiger partial charge is 0.139 e. The number of aromatic nitrogens is 2. The van der Waals surface area contributed by atoms with Gasteiger partial charge in [-0.15, -0.1) is 13.0 Å². The molecule has 2 aromatic rings. The third-order valence-corrected chi connectivity index (χ3v) is 2.02. The summed E-state index contributed by atoms with van der Waals surface area (Å²) < 4.78 is 1.97. The Balaban J connectivity index is 0. The molecular weight excluding hydrogens is 220 g/mol. The van der Waals surface area contributed by atoms with E-state index in [4.69, 9.17) is 6.42 Å². The van der Waals surface area contributed by atoms with Gasteiger partial charge in [0.25, 0.3) is 0 Å². The second-order valence-electron chi connectivity index (χ2n) is 3.58. The summed E-state index contributed by atoms with van der Waals surface area (Å²) in [6, 6.07) is 1.97. The maximum absolute atomic E-state index is 5.33. The summed E-state index contributed by atoms with van der Waals surface area (Å²) in [5.41, 5.74) is 4.00. The van der Waals surface area contributed by atoms with Crippen LogP contribution in [-0.2, 0) is 0 Å². The molecule has 0 aromatic carbocycles. The van der Waals surface area contributed by atoms with Gasteiger partial charge in [0.15, 0.2) is 0 Å². The van der Waals surface area contributed by atoms with E-state index >= 15 is 0 Å².